The second kappa shape index (κ2) is 3.72. The van der Waals surface area contributed by atoms with Crippen LogP contribution in [0, 0.1) is 16.7 Å². The highest BCUT2D eigenvalue weighted by Gasteiger charge is 2.55. The summed E-state index contributed by atoms with van der Waals surface area (Å²) >= 11 is 0. The van der Waals surface area contributed by atoms with Crippen LogP contribution in [-0.2, 0) is 4.74 Å². The summed E-state index contributed by atoms with van der Waals surface area (Å²) < 4.78 is 5.50. The van der Waals surface area contributed by atoms with Gasteiger partial charge >= 0.3 is 0 Å². The van der Waals surface area contributed by atoms with Crippen molar-refractivity contribution in [3.05, 3.63) is 0 Å². The third kappa shape index (κ3) is 1.61. The highest BCUT2D eigenvalue weighted by Crippen LogP contribution is 2.52. The van der Waals surface area contributed by atoms with Gasteiger partial charge in [-0.3, -0.25) is 0 Å². The van der Waals surface area contributed by atoms with Gasteiger partial charge in [0.05, 0.1) is 13.2 Å². The zero-order chi connectivity index (χ0) is 11.1. The van der Waals surface area contributed by atoms with Crippen LogP contribution in [0.2, 0.25) is 0 Å². The number of ether oxygens (including phenoxy) is 1. The lowest BCUT2D eigenvalue weighted by atomic mass is 9.57. The molecule has 2 fully saturated rings. The van der Waals surface area contributed by atoms with E-state index in [1.807, 2.05) is 0 Å². The van der Waals surface area contributed by atoms with E-state index < -0.39 is 0 Å². The molecule has 0 spiro atoms. The molecule has 0 aliphatic carbocycles. The minimum absolute atomic E-state index is 0.209. The fraction of sp³-hybridized carbons (Fsp3) is 1.00. The molecule has 2 rings (SSSR count). The number of hydrogen-bond donors (Lipinski definition) is 1. The van der Waals surface area contributed by atoms with Gasteiger partial charge in [0.1, 0.15) is 0 Å². The molecule has 15 heavy (non-hydrogen) atoms. The van der Waals surface area contributed by atoms with Crippen LogP contribution in [0.3, 0.4) is 0 Å². The van der Waals surface area contributed by atoms with E-state index in [0.29, 0.717) is 5.41 Å². The zero-order valence-corrected chi connectivity index (χ0v) is 10.3. The molecule has 2 aliphatic heterocycles. The van der Waals surface area contributed by atoms with Gasteiger partial charge in [-0.2, -0.15) is 0 Å². The van der Waals surface area contributed by atoms with Crippen molar-refractivity contribution in [1.29, 1.82) is 0 Å². The highest BCUT2D eigenvalue weighted by molar-refractivity contribution is 5.04. The van der Waals surface area contributed by atoms with Crippen molar-refractivity contribution in [2.45, 2.75) is 20.3 Å². The lowest BCUT2D eigenvalue weighted by molar-refractivity contribution is -0.201. The molecule has 2 aliphatic rings. The second-order valence-electron chi connectivity index (χ2n) is 5.98. The van der Waals surface area contributed by atoms with Crippen molar-refractivity contribution in [2.24, 2.45) is 22.5 Å². The predicted molar refractivity (Wildman–Crippen MR) is 61.7 cm³/mol. The van der Waals surface area contributed by atoms with E-state index >= 15 is 0 Å². The molecule has 2 N–H and O–H groups in total. The molecule has 0 aromatic heterocycles. The molecule has 1 atom stereocenters. The summed E-state index contributed by atoms with van der Waals surface area (Å²) in [6.45, 7) is 9.63. The Hall–Kier alpha value is -0.120. The van der Waals surface area contributed by atoms with E-state index in [0.717, 1.165) is 25.7 Å². The zero-order valence-electron chi connectivity index (χ0n) is 10.3. The van der Waals surface area contributed by atoms with Gasteiger partial charge in [0.25, 0.3) is 0 Å². The number of likely N-dealkylation sites (tertiary alicyclic amines) is 1. The number of rotatable bonds is 3. The molecule has 0 aromatic carbocycles. The number of hydrogen-bond acceptors (Lipinski definition) is 3. The molecule has 2 heterocycles. The Labute approximate surface area is 93.0 Å². The summed E-state index contributed by atoms with van der Waals surface area (Å²) in [7, 11) is 2.21. The minimum Gasteiger partial charge on any atom is -0.380 e. The normalized spacial score (nSPS) is 31.6. The van der Waals surface area contributed by atoms with E-state index in [1.165, 1.54) is 19.5 Å². The first-order valence-electron chi connectivity index (χ1n) is 5.98. The summed E-state index contributed by atoms with van der Waals surface area (Å²) in [6.07, 6.45) is 1.31. The average molecular weight is 212 g/mol. The molecule has 0 aromatic rings. The third-order valence-corrected chi connectivity index (χ3v) is 4.75. The first kappa shape index (κ1) is 11.4. The van der Waals surface area contributed by atoms with Gasteiger partial charge in [-0.05, 0) is 37.9 Å². The monoisotopic (exact) mass is 212 g/mol. The molecule has 2 saturated heterocycles. The molecule has 1 unspecified atom stereocenters. The summed E-state index contributed by atoms with van der Waals surface area (Å²) in [5.41, 5.74) is 6.48. The fourth-order valence-electron chi connectivity index (χ4n) is 3.09. The standard InChI is InChI=1S/C12H24N2O/c1-11(2,7-13)12(8-15-9-12)10-4-5-14(3)6-10/h10H,4-9,13H2,1-3H3. The van der Waals surface area contributed by atoms with Crippen molar-refractivity contribution in [1.82, 2.24) is 4.90 Å². The van der Waals surface area contributed by atoms with E-state index in [1.54, 1.807) is 0 Å². The maximum Gasteiger partial charge on any atom is 0.0553 e. The lowest BCUT2D eigenvalue weighted by Crippen LogP contribution is -2.60. The predicted octanol–water partition coefficient (Wildman–Crippen LogP) is 0.940. The Balaban J connectivity index is 2.15. The van der Waals surface area contributed by atoms with E-state index in [2.05, 4.69) is 25.8 Å². The molecule has 0 radical (unpaired) electrons. The van der Waals surface area contributed by atoms with Crippen molar-refractivity contribution >= 4 is 0 Å². The Kier molecular flexibility index (Phi) is 2.82. The first-order chi connectivity index (χ1) is 7.02. The van der Waals surface area contributed by atoms with Crippen molar-refractivity contribution < 1.29 is 4.74 Å². The van der Waals surface area contributed by atoms with Gasteiger partial charge in [-0.1, -0.05) is 13.8 Å². The second-order valence-corrected chi connectivity index (χ2v) is 5.98. The third-order valence-electron chi connectivity index (χ3n) is 4.75. The van der Waals surface area contributed by atoms with E-state index in [4.69, 9.17) is 10.5 Å². The van der Waals surface area contributed by atoms with Gasteiger partial charge < -0.3 is 15.4 Å². The largest absolute Gasteiger partial charge is 0.380 e. The topological polar surface area (TPSA) is 38.5 Å². The summed E-state index contributed by atoms with van der Waals surface area (Å²) in [4.78, 5) is 2.43. The molecule has 0 amide bonds. The lowest BCUT2D eigenvalue weighted by Gasteiger charge is -2.55. The van der Waals surface area contributed by atoms with E-state index in [9.17, 15) is 0 Å². The maximum atomic E-state index is 5.93. The molecule has 88 valence electrons. The van der Waals surface area contributed by atoms with Crippen LogP contribution in [0.4, 0.5) is 0 Å². The van der Waals surface area contributed by atoms with Crippen molar-refractivity contribution in [3.8, 4) is 0 Å². The molecule has 0 saturated carbocycles. The van der Waals surface area contributed by atoms with Gasteiger partial charge in [0.15, 0.2) is 0 Å². The average Bonchev–Trinajstić information content (AvgIpc) is 2.50. The van der Waals surface area contributed by atoms with Crippen LogP contribution in [0.5, 0.6) is 0 Å². The van der Waals surface area contributed by atoms with Crippen LogP contribution in [0.1, 0.15) is 20.3 Å². The van der Waals surface area contributed by atoms with Gasteiger partial charge in [-0.15, -0.1) is 0 Å². The summed E-state index contributed by atoms with van der Waals surface area (Å²) in [5.74, 6) is 0.773. The van der Waals surface area contributed by atoms with Crippen LogP contribution in [-0.4, -0.2) is 44.8 Å². The molecule has 3 heteroatoms. The number of nitrogens with zero attached hydrogens (tertiary/aromatic N) is 1. The molecule has 3 nitrogen and oxygen atoms in total. The smallest absolute Gasteiger partial charge is 0.0553 e. The number of nitrogens with two attached hydrogens (primary N) is 1. The van der Waals surface area contributed by atoms with Crippen molar-refractivity contribution in [3.63, 3.8) is 0 Å². The van der Waals surface area contributed by atoms with Crippen LogP contribution < -0.4 is 5.73 Å². The Morgan fingerprint density at radius 1 is 1.47 bits per heavy atom. The fourth-order valence-corrected chi connectivity index (χ4v) is 3.09. The van der Waals surface area contributed by atoms with Crippen LogP contribution in [0.15, 0.2) is 0 Å². The molecule has 0 bridgehead atoms. The van der Waals surface area contributed by atoms with Gasteiger partial charge in [0.2, 0.25) is 0 Å². The minimum atomic E-state index is 0.209. The molecular formula is C12H24N2O. The van der Waals surface area contributed by atoms with Gasteiger partial charge in [0, 0.05) is 12.0 Å². The molecular weight excluding hydrogens is 188 g/mol. The Morgan fingerprint density at radius 3 is 2.47 bits per heavy atom. The quantitative estimate of drug-likeness (QED) is 0.756. The summed E-state index contributed by atoms with van der Waals surface area (Å²) in [6, 6.07) is 0. The Bertz CT molecular complexity index is 236. The summed E-state index contributed by atoms with van der Waals surface area (Å²) in [5, 5.41) is 0. The first-order valence-corrected chi connectivity index (χ1v) is 5.98. The van der Waals surface area contributed by atoms with Crippen LogP contribution in [0.25, 0.3) is 0 Å². The van der Waals surface area contributed by atoms with Gasteiger partial charge in [-0.25, -0.2) is 0 Å². The van der Waals surface area contributed by atoms with Crippen LogP contribution >= 0.6 is 0 Å². The maximum absolute atomic E-state index is 5.93. The SMILES string of the molecule is CN1CCC(C2(C(C)(C)CN)COC2)C1. The highest BCUT2D eigenvalue weighted by atomic mass is 16.5. The van der Waals surface area contributed by atoms with Crippen molar-refractivity contribution in [2.75, 3.05) is 39.9 Å². The van der Waals surface area contributed by atoms with E-state index in [-0.39, 0.29) is 5.41 Å². The Morgan fingerprint density at radius 2 is 2.13 bits per heavy atom.